The molecule has 0 spiro atoms. The number of anilines is 1. The van der Waals surface area contributed by atoms with Gasteiger partial charge in [0.05, 0.1) is 10.2 Å². The Kier molecular flexibility index (Phi) is 4.17. The number of nitrogens with zero attached hydrogens (tertiary/aromatic N) is 2. The molecule has 0 atom stereocenters. The van der Waals surface area contributed by atoms with Crippen LogP contribution in [0.15, 0.2) is 54.6 Å². The van der Waals surface area contributed by atoms with E-state index >= 15 is 0 Å². The van der Waals surface area contributed by atoms with Gasteiger partial charge < -0.3 is 4.90 Å². The molecule has 2 amide bonds. The fraction of sp³-hybridized carbons (Fsp3) is 0.263. The van der Waals surface area contributed by atoms with Crippen molar-refractivity contribution in [2.75, 3.05) is 18.4 Å². The van der Waals surface area contributed by atoms with Gasteiger partial charge in [0.2, 0.25) is 0 Å². The molecule has 1 N–H and O–H groups in total. The third kappa shape index (κ3) is 3.12. The second kappa shape index (κ2) is 6.61. The molecule has 0 saturated carbocycles. The summed E-state index contributed by atoms with van der Waals surface area (Å²) in [5, 5.41) is 3.62. The van der Waals surface area contributed by atoms with Crippen LogP contribution >= 0.6 is 11.3 Å². The van der Waals surface area contributed by atoms with Crippen LogP contribution in [0.3, 0.4) is 0 Å². The zero-order chi connectivity index (χ0) is 16.4. The summed E-state index contributed by atoms with van der Waals surface area (Å²) >= 11 is 1.52. The van der Waals surface area contributed by atoms with Gasteiger partial charge in [-0.25, -0.2) is 9.78 Å². The average Bonchev–Trinajstić information content (AvgIpc) is 3.05. The monoisotopic (exact) mass is 337 g/mol. The molecule has 122 valence electrons. The Morgan fingerprint density at radius 1 is 1.04 bits per heavy atom. The molecule has 4 rings (SSSR count). The largest absolute Gasteiger partial charge is 0.324 e. The lowest BCUT2D eigenvalue weighted by atomic mass is 9.90. The molecule has 1 saturated heterocycles. The van der Waals surface area contributed by atoms with Gasteiger partial charge in [-0.1, -0.05) is 53.8 Å². The molecular formula is C19H19N3OS. The van der Waals surface area contributed by atoms with E-state index in [0.29, 0.717) is 11.0 Å². The number of nitrogens with one attached hydrogen (secondary N) is 1. The number of carbonyl (C=O) groups is 1. The van der Waals surface area contributed by atoms with Crippen molar-refractivity contribution in [3.05, 3.63) is 60.2 Å². The lowest BCUT2D eigenvalue weighted by Crippen LogP contribution is -2.40. The van der Waals surface area contributed by atoms with Crippen LogP contribution in [0, 0.1) is 0 Å². The molecule has 0 aliphatic carbocycles. The number of fused-ring (bicyclic) bond motifs is 1. The smallest absolute Gasteiger partial charge is 0.323 e. The maximum Gasteiger partial charge on any atom is 0.323 e. The first-order valence-corrected chi connectivity index (χ1v) is 9.08. The van der Waals surface area contributed by atoms with E-state index in [2.05, 4.69) is 34.6 Å². The number of amides is 2. The Bertz CT molecular complexity index is 805. The van der Waals surface area contributed by atoms with Gasteiger partial charge in [0, 0.05) is 13.1 Å². The summed E-state index contributed by atoms with van der Waals surface area (Å²) in [5.41, 5.74) is 2.31. The number of thiazole rings is 1. The van der Waals surface area contributed by atoms with Crippen LogP contribution in [0.2, 0.25) is 0 Å². The van der Waals surface area contributed by atoms with Crippen LogP contribution in [-0.2, 0) is 0 Å². The van der Waals surface area contributed by atoms with Crippen LogP contribution in [-0.4, -0.2) is 29.0 Å². The van der Waals surface area contributed by atoms with Crippen molar-refractivity contribution in [3.63, 3.8) is 0 Å². The van der Waals surface area contributed by atoms with Crippen LogP contribution in [0.25, 0.3) is 10.2 Å². The number of benzene rings is 2. The van der Waals surface area contributed by atoms with E-state index in [1.165, 1.54) is 16.9 Å². The van der Waals surface area contributed by atoms with Crippen molar-refractivity contribution in [1.82, 2.24) is 9.88 Å². The molecule has 5 heteroatoms. The number of urea groups is 1. The highest BCUT2D eigenvalue weighted by atomic mass is 32.1. The van der Waals surface area contributed by atoms with Gasteiger partial charge in [0.25, 0.3) is 0 Å². The summed E-state index contributed by atoms with van der Waals surface area (Å²) in [6, 6.07) is 18.5. The highest BCUT2D eigenvalue weighted by molar-refractivity contribution is 7.22. The summed E-state index contributed by atoms with van der Waals surface area (Å²) in [7, 11) is 0. The summed E-state index contributed by atoms with van der Waals surface area (Å²) in [5.74, 6) is 0.553. The highest BCUT2D eigenvalue weighted by Gasteiger charge is 2.24. The molecule has 1 fully saturated rings. The lowest BCUT2D eigenvalue weighted by Gasteiger charge is -2.32. The minimum Gasteiger partial charge on any atom is -0.324 e. The summed E-state index contributed by atoms with van der Waals surface area (Å²) in [4.78, 5) is 18.8. The van der Waals surface area contributed by atoms with E-state index < -0.39 is 0 Å². The van der Waals surface area contributed by atoms with E-state index in [1.807, 2.05) is 35.2 Å². The Balaban J connectivity index is 1.37. The van der Waals surface area contributed by atoms with Gasteiger partial charge >= 0.3 is 6.03 Å². The van der Waals surface area contributed by atoms with E-state index in [4.69, 9.17) is 0 Å². The van der Waals surface area contributed by atoms with E-state index in [1.54, 1.807) is 0 Å². The molecule has 0 radical (unpaired) electrons. The fourth-order valence-electron chi connectivity index (χ4n) is 3.24. The van der Waals surface area contributed by atoms with Gasteiger partial charge in [-0.05, 0) is 36.5 Å². The predicted molar refractivity (Wildman–Crippen MR) is 98.6 cm³/mol. The molecule has 1 aliphatic heterocycles. The predicted octanol–water partition coefficient (Wildman–Crippen LogP) is 4.71. The minimum atomic E-state index is -0.0411. The number of carbonyl (C=O) groups excluding carboxylic acids is 1. The van der Waals surface area contributed by atoms with Crippen molar-refractivity contribution in [1.29, 1.82) is 0 Å². The van der Waals surface area contributed by atoms with Crippen LogP contribution < -0.4 is 5.32 Å². The van der Waals surface area contributed by atoms with Crippen molar-refractivity contribution in [2.24, 2.45) is 0 Å². The van der Waals surface area contributed by atoms with Crippen molar-refractivity contribution < 1.29 is 4.79 Å². The summed E-state index contributed by atoms with van der Waals surface area (Å²) in [6.07, 6.45) is 2.02. The quantitative estimate of drug-likeness (QED) is 0.736. The zero-order valence-electron chi connectivity index (χ0n) is 13.3. The molecule has 4 nitrogen and oxygen atoms in total. The Morgan fingerprint density at radius 3 is 2.50 bits per heavy atom. The van der Waals surface area contributed by atoms with Crippen LogP contribution in [0.1, 0.15) is 24.3 Å². The number of para-hydroxylation sites is 1. The number of likely N-dealkylation sites (tertiary alicyclic amines) is 1. The number of rotatable bonds is 2. The molecule has 2 aromatic carbocycles. The SMILES string of the molecule is O=C(Nc1nc2ccccc2s1)N1CCC(c2ccccc2)CC1. The Labute approximate surface area is 145 Å². The fourth-order valence-corrected chi connectivity index (χ4v) is 4.09. The second-order valence-electron chi connectivity index (χ2n) is 6.09. The van der Waals surface area contributed by atoms with Crippen LogP contribution in [0.4, 0.5) is 9.93 Å². The van der Waals surface area contributed by atoms with E-state index in [-0.39, 0.29) is 6.03 Å². The van der Waals surface area contributed by atoms with Crippen molar-refractivity contribution >= 4 is 32.7 Å². The highest BCUT2D eigenvalue weighted by Crippen LogP contribution is 2.29. The summed E-state index contributed by atoms with van der Waals surface area (Å²) < 4.78 is 1.09. The maximum atomic E-state index is 12.5. The Hall–Kier alpha value is -2.40. The molecule has 24 heavy (non-hydrogen) atoms. The van der Waals surface area contributed by atoms with E-state index in [9.17, 15) is 4.79 Å². The molecule has 3 aromatic rings. The topological polar surface area (TPSA) is 45.2 Å². The van der Waals surface area contributed by atoms with Crippen molar-refractivity contribution in [2.45, 2.75) is 18.8 Å². The number of hydrogen-bond donors (Lipinski definition) is 1. The van der Waals surface area contributed by atoms with Crippen LogP contribution in [0.5, 0.6) is 0 Å². The standard InChI is InChI=1S/C19H19N3OS/c23-19(21-18-20-16-8-4-5-9-17(16)24-18)22-12-10-15(11-13-22)14-6-2-1-3-7-14/h1-9,15H,10-13H2,(H,20,21,23). The van der Waals surface area contributed by atoms with Gasteiger partial charge in [-0.15, -0.1) is 0 Å². The summed E-state index contributed by atoms with van der Waals surface area (Å²) in [6.45, 7) is 1.58. The zero-order valence-corrected chi connectivity index (χ0v) is 14.1. The normalized spacial score (nSPS) is 15.6. The van der Waals surface area contributed by atoms with Gasteiger partial charge in [0.15, 0.2) is 5.13 Å². The minimum absolute atomic E-state index is 0.0411. The first-order valence-electron chi connectivity index (χ1n) is 8.26. The molecular weight excluding hydrogens is 318 g/mol. The first-order chi connectivity index (χ1) is 11.8. The van der Waals surface area contributed by atoms with Gasteiger partial charge in [-0.2, -0.15) is 0 Å². The molecule has 0 bridgehead atoms. The Morgan fingerprint density at radius 2 is 1.75 bits per heavy atom. The third-order valence-corrected chi connectivity index (χ3v) is 5.51. The van der Waals surface area contributed by atoms with E-state index in [0.717, 1.165) is 36.1 Å². The number of piperidine rings is 1. The molecule has 2 heterocycles. The van der Waals surface area contributed by atoms with Crippen molar-refractivity contribution in [3.8, 4) is 0 Å². The molecule has 0 unspecified atom stereocenters. The maximum absolute atomic E-state index is 12.5. The average molecular weight is 337 g/mol. The third-order valence-electron chi connectivity index (χ3n) is 4.56. The van der Waals surface area contributed by atoms with Gasteiger partial charge in [0.1, 0.15) is 0 Å². The lowest BCUT2D eigenvalue weighted by molar-refractivity contribution is 0.194. The molecule has 1 aliphatic rings. The number of hydrogen-bond acceptors (Lipinski definition) is 3. The molecule has 1 aromatic heterocycles. The van der Waals surface area contributed by atoms with Gasteiger partial charge in [-0.3, -0.25) is 5.32 Å². The first kappa shape index (κ1) is 15.1. The number of aromatic nitrogens is 1. The second-order valence-corrected chi connectivity index (χ2v) is 7.12.